The van der Waals surface area contributed by atoms with Crippen LogP contribution in [0.4, 0.5) is 0 Å². The molecule has 0 saturated heterocycles. The normalized spacial score (nSPS) is 43.9. The SMILES string of the molecule is CNC(CN(C)C1CCCC1)C12CC3CC(CC(C3)C1)C2. The van der Waals surface area contributed by atoms with Crippen molar-refractivity contribution in [1.29, 1.82) is 0 Å². The second kappa shape index (κ2) is 5.53. The van der Waals surface area contributed by atoms with Crippen LogP contribution in [0.15, 0.2) is 0 Å². The van der Waals surface area contributed by atoms with Crippen LogP contribution in [0, 0.1) is 23.2 Å². The average Bonchev–Trinajstić information content (AvgIpc) is 2.97. The minimum absolute atomic E-state index is 0.649. The molecule has 1 N–H and O–H groups in total. The van der Waals surface area contributed by atoms with Gasteiger partial charge in [-0.2, -0.15) is 0 Å². The first-order chi connectivity index (χ1) is 10.2. The van der Waals surface area contributed by atoms with Gasteiger partial charge in [-0.15, -0.1) is 0 Å². The van der Waals surface area contributed by atoms with E-state index in [9.17, 15) is 0 Å². The Labute approximate surface area is 131 Å². The minimum atomic E-state index is 0.649. The molecule has 2 nitrogen and oxygen atoms in total. The summed E-state index contributed by atoms with van der Waals surface area (Å²) in [6.45, 7) is 1.29. The lowest BCUT2D eigenvalue weighted by Gasteiger charge is -2.60. The fourth-order valence-electron chi connectivity index (χ4n) is 6.98. The van der Waals surface area contributed by atoms with Crippen LogP contribution >= 0.6 is 0 Å². The summed E-state index contributed by atoms with van der Waals surface area (Å²) in [5.41, 5.74) is 0.649. The molecule has 120 valence electrons. The maximum absolute atomic E-state index is 3.77. The first kappa shape index (κ1) is 14.5. The van der Waals surface area contributed by atoms with Gasteiger partial charge < -0.3 is 10.2 Å². The van der Waals surface area contributed by atoms with Gasteiger partial charge in [-0.05, 0) is 88.6 Å². The van der Waals surface area contributed by atoms with Crippen molar-refractivity contribution in [1.82, 2.24) is 10.2 Å². The maximum Gasteiger partial charge on any atom is 0.0248 e. The third-order valence-electron chi connectivity index (χ3n) is 7.59. The van der Waals surface area contributed by atoms with Crippen molar-refractivity contribution >= 4 is 0 Å². The van der Waals surface area contributed by atoms with E-state index in [-0.39, 0.29) is 0 Å². The maximum atomic E-state index is 3.77. The van der Waals surface area contributed by atoms with Crippen LogP contribution in [0.25, 0.3) is 0 Å². The van der Waals surface area contributed by atoms with Crippen molar-refractivity contribution in [3.63, 3.8) is 0 Å². The standard InChI is InChI=1S/C19H34N2/c1-20-18(13-21(2)17-5-3-4-6-17)19-10-14-7-15(11-19)9-16(8-14)12-19/h14-18,20H,3-13H2,1-2H3. The van der Waals surface area contributed by atoms with Gasteiger partial charge in [0.05, 0.1) is 0 Å². The van der Waals surface area contributed by atoms with Gasteiger partial charge in [0.15, 0.2) is 0 Å². The molecule has 0 aromatic carbocycles. The van der Waals surface area contributed by atoms with Crippen molar-refractivity contribution < 1.29 is 0 Å². The third-order valence-corrected chi connectivity index (χ3v) is 7.59. The Hall–Kier alpha value is -0.0800. The average molecular weight is 290 g/mol. The zero-order chi connectivity index (χ0) is 14.4. The summed E-state index contributed by atoms with van der Waals surface area (Å²) >= 11 is 0. The summed E-state index contributed by atoms with van der Waals surface area (Å²) in [4.78, 5) is 2.70. The van der Waals surface area contributed by atoms with Gasteiger partial charge >= 0.3 is 0 Å². The van der Waals surface area contributed by atoms with Crippen LogP contribution < -0.4 is 5.32 Å². The van der Waals surface area contributed by atoms with E-state index in [2.05, 4.69) is 24.3 Å². The fraction of sp³-hybridized carbons (Fsp3) is 1.00. The molecule has 5 aliphatic rings. The second-order valence-electron chi connectivity index (χ2n) is 9.00. The topological polar surface area (TPSA) is 15.3 Å². The lowest BCUT2D eigenvalue weighted by Crippen LogP contribution is -2.58. The molecule has 0 aromatic rings. The first-order valence-corrected chi connectivity index (χ1v) is 9.56. The molecule has 1 atom stereocenters. The monoisotopic (exact) mass is 290 g/mol. The Balaban J connectivity index is 1.47. The number of hydrogen-bond acceptors (Lipinski definition) is 2. The largest absolute Gasteiger partial charge is 0.315 e. The van der Waals surface area contributed by atoms with Gasteiger partial charge in [-0.1, -0.05) is 12.8 Å². The van der Waals surface area contributed by atoms with E-state index < -0.39 is 0 Å². The van der Waals surface area contributed by atoms with E-state index in [1.54, 1.807) is 19.3 Å². The predicted octanol–water partition coefficient (Wildman–Crippen LogP) is 3.67. The van der Waals surface area contributed by atoms with E-state index in [0.29, 0.717) is 5.41 Å². The molecular formula is C19H34N2. The van der Waals surface area contributed by atoms with Crippen LogP contribution in [0.3, 0.4) is 0 Å². The number of rotatable bonds is 5. The molecule has 4 bridgehead atoms. The third kappa shape index (κ3) is 2.57. The highest BCUT2D eigenvalue weighted by molar-refractivity contribution is 5.06. The highest BCUT2D eigenvalue weighted by atomic mass is 15.2. The van der Waals surface area contributed by atoms with Crippen LogP contribution in [0.5, 0.6) is 0 Å². The van der Waals surface area contributed by atoms with E-state index in [1.807, 2.05) is 0 Å². The van der Waals surface area contributed by atoms with Crippen molar-refractivity contribution in [2.45, 2.75) is 76.3 Å². The van der Waals surface area contributed by atoms with Crippen molar-refractivity contribution in [3.8, 4) is 0 Å². The highest BCUT2D eigenvalue weighted by Crippen LogP contribution is 2.61. The number of likely N-dealkylation sites (N-methyl/N-ethyl adjacent to an activating group) is 2. The molecule has 0 spiro atoms. The molecule has 0 radical (unpaired) electrons. The van der Waals surface area contributed by atoms with Gasteiger partial charge in [-0.3, -0.25) is 0 Å². The quantitative estimate of drug-likeness (QED) is 0.831. The van der Waals surface area contributed by atoms with Gasteiger partial charge in [0.1, 0.15) is 0 Å². The Morgan fingerprint density at radius 1 is 1.00 bits per heavy atom. The Morgan fingerprint density at radius 3 is 2.00 bits per heavy atom. The Morgan fingerprint density at radius 2 is 1.52 bits per heavy atom. The summed E-state index contributed by atoms with van der Waals surface area (Å²) in [6.07, 6.45) is 15.1. The summed E-state index contributed by atoms with van der Waals surface area (Å²) in [5.74, 6) is 3.22. The first-order valence-electron chi connectivity index (χ1n) is 9.56. The Bertz CT molecular complexity index is 336. The van der Waals surface area contributed by atoms with Crippen LogP contribution in [-0.2, 0) is 0 Å². The molecule has 0 aliphatic heterocycles. The van der Waals surface area contributed by atoms with Crippen LogP contribution in [0.1, 0.15) is 64.2 Å². The molecular weight excluding hydrogens is 256 g/mol. The zero-order valence-corrected chi connectivity index (χ0v) is 14.1. The van der Waals surface area contributed by atoms with E-state index in [1.165, 1.54) is 51.5 Å². The molecule has 1 unspecified atom stereocenters. The molecule has 5 rings (SSSR count). The summed E-state index contributed by atoms with van der Waals surface area (Å²) < 4.78 is 0. The number of nitrogens with zero attached hydrogens (tertiary/aromatic N) is 1. The van der Waals surface area contributed by atoms with Gasteiger partial charge in [-0.25, -0.2) is 0 Å². The molecule has 5 saturated carbocycles. The second-order valence-corrected chi connectivity index (χ2v) is 9.00. The fourth-order valence-corrected chi connectivity index (χ4v) is 6.98. The van der Waals surface area contributed by atoms with Crippen molar-refractivity contribution in [3.05, 3.63) is 0 Å². The molecule has 5 aliphatic carbocycles. The predicted molar refractivity (Wildman–Crippen MR) is 88.3 cm³/mol. The molecule has 0 amide bonds. The van der Waals surface area contributed by atoms with Gasteiger partial charge in [0, 0.05) is 18.6 Å². The van der Waals surface area contributed by atoms with Crippen molar-refractivity contribution in [2.24, 2.45) is 23.2 Å². The van der Waals surface area contributed by atoms with Gasteiger partial charge in [0.25, 0.3) is 0 Å². The van der Waals surface area contributed by atoms with E-state index in [4.69, 9.17) is 0 Å². The number of nitrogens with one attached hydrogen (secondary N) is 1. The summed E-state index contributed by atoms with van der Waals surface area (Å²) in [6, 6.07) is 1.60. The zero-order valence-electron chi connectivity index (χ0n) is 14.1. The van der Waals surface area contributed by atoms with Crippen LogP contribution in [-0.4, -0.2) is 37.6 Å². The molecule has 2 heteroatoms. The molecule has 0 heterocycles. The molecule has 5 fully saturated rings. The summed E-state index contributed by atoms with van der Waals surface area (Å²) in [7, 11) is 4.62. The smallest absolute Gasteiger partial charge is 0.0248 e. The molecule has 21 heavy (non-hydrogen) atoms. The Kier molecular flexibility index (Phi) is 3.82. The number of hydrogen-bond donors (Lipinski definition) is 1. The van der Waals surface area contributed by atoms with E-state index in [0.717, 1.165) is 29.8 Å². The summed E-state index contributed by atoms with van der Waals surface area (Å²) in [5, 5.41) is 3.77. The highest BCUT2D eigenvalue weighted by Gasteiger charge is 2.54. The van der Waals surface area contributed by atoms with Crippen LogP contribution in [0.2, 0.25) is 0 Å². The lowest BCUT2D eigenvalue weighted by atomic mass is 9.47. The minimum Gasteiger partial charge on any atom is -0.315 e. The van der Waals surface area contributed by atoms with Crippen molar-refractivity contribution in [2.75, 3.05) is 20.6 Å². The molecule has 0 aromatic heterocycles. The van der Waals surface area contributed by atoms with Gasteiger partial charge in [0.2, 0.25) is 0 Å². The van der Waals surface area contributed by atoms with E-state index >= 15 is 0 Å². The lowest BCUT2D eigenvalue weighted by molar-refractivity contribution is -0.0779.